The monoisotopic (exact) mass is 250 g/mol. The first-order valence-electron chi connectivity index (χ1n) is 6.85. The molecule has 100 valence electrons. The van der Waals surface area contributed by atoms with Gasteiger partial charge in [-0.3, -0.25) is 9.69 Å². The predicted molar refractivity (Wildman–Crippen MR) is 70.2 cm³/mol. The van der Waals surface area contributed by atoms with Crippen LogP contribution in [0.3, 0.4) is 0 Å². The molecule has 1 fully saturated rings. The Labute approximate surface area is 108 Å². The summed E-state index contributed by atoms with van der Waals surface area (Å²) in [7, 11) is 0. The summed E-state index contributed by atoms with van der Waals surface area (Å²) in [6.45, 7) is 4.09. The van der Waals surface area contributed by atoms with Gasteiger partial charge in [0.2, 0.25) is 5.91 Å². The number of furan rings is 1. The normalized spacial score (nSPS) is 21.5. The van der Waals surface area contributed by atoms with Gasteiger partial charge >= 0.3 is 0 Å². The van der Waals surface area contributed by atoms with Gasteiger partial charge in [0.15, 0.2) is 0 Å². The van der Waals surface area contributed by atoms with Crippen LogP contribution >= 0.6 is 0 Å². The molecule has 4 nitrogen and oxygen atoms in total. The van der Waals surface area contributed by atoms with Crippen LogP contribution in [0.5, 0.6) is 0 Å². The summed E-state index contributed by atoms with van der Waals surface area (Å²) in [5, 5.41) is 2.87. The van der Waals surface area contributed by atoms with Gasteiger partial charge in [0.1, 0.15) is 5.76 Å². The number of nitrogens with one attached hydrogen (secondary N) is 1. The van der Waals surface area contributed by atoms with Crippen molar-refractivity contribution in [3.8, 4) is 0 Å². The molecule has 1 saturated heterocycles. The third kappa shape index (κ3) is 3.35. The fourth-order valence-corrected chi connectivity index (χ4v) is 2.60. The summed E-state index contributed by atoms with van der Waals surface area (Å²) < 4.78 is 5.53. The number of carbonyl (C=O) groups is 1. The Kier molecular flexibility index (Phi) is 4.81. The average Bonchev–Trinajstić information content (AvgIpc) is 2.78. The van der Waals surface area contributed by atoms with E-state index in [0.717, 1.165) is 25.1 Å². The fraction of sp³-hybridized carbons (Fsp3) is 0.643. The number of likely N-dealkylation sites (N-methyl/N-ethyl adjacent to an activating group) is 1. The second-order valence-electron chi connectivity index (χ2n) is 4.80. The number of amides is 1. The minimum atomic E-state index is 0.107. The van der Waals surface area contributed by atoms with Crippen molar-refractivity contribution in [2.24, 2.45) is 0 Å². The molecule has 4 heteroatoms. The summed E-state index contributed by atoms with van der Waals surface area (Å²) >= 11 is 0. The van der Waals surface area contributed by atoms with Crippen molar-refractivity contribution in [3.05, 3.63) is 24.2 Å². The highest BCUT2D eigenvalue weighted by atomic mass is 16.3. The Morgan fingerprint density at radius 3 is 3.11 bits per heavy atom. The topological polar surface area (TPSA) is 45.5 Å². The number of hydrogen-bond donors (Lipinski definition) is 1. The molecule has 2 heterocycles. The molecule has 1 aromatic heterocycles. The summed E-state index contributed by atoms with van der Waals surface area (Å²) in [4.78, 5) is 14.0. The van der Waals surface area contributed by atoms with Crippen LogP contribution in [0.2, 0.25) is 0 Å². The van der Waals surface area contributed by atoms with Gasteiger partial charge in [-0.25, -0.2) is 0 Å². The zero-order chi connectivity index (χ0) is 12.8. The summed E-state index contributed by atoms with van der Waals surface area (Å²) in [6.07, 6.45) is 6.40. The van der Waals surface area contributed by atoms with E-state index in [2.05, 4.69) is 10.2 Å². The second kappa shape index (κ2) is 6.59. The Bertz CT molecular complexity index is 362. The lowest BCUT2D eigenvalue weighted by molar-refractivity contribution is -0.122. The van der Waals surface area contributed by atoms with Crippen molar-refractivity contribution in [1.82, 2.24) is 10.2 Å². The van der Waals surface area contributed by atoms with E-state index in [4.69, 9.17) is 4.42 Å². The van der Waals surface area contributed by atoms with E-state index in [0.29, 0.717) is 13.1 Å². The first-order valence-corrected chi connectivity index (χ1v) is 6.85. The average molecular weight is 250 g/mol. The molecule has 1 atom stereocenters. The van der Waals surface area contributed by atoms with Crippen LogP contribution in [0.4, 0.5) is 0 Å². The van der Waals surface area contributed by atoms with Gasteiger partial charge < -0.3 is 9.73 Å². The van der Waals surface area contributed by atoms with Gasteiger partial charge in [0, 0.05) is 6.54 Å². The van der Waals surface area contributed by atoms with Crippen LogP contribution in [0, 0.1) is 0 Å². The smallest absolute Gasteiger partial charge is 0.234 e. The zero-order valence-corrected chi connectivity index (χ0v) is 11.0. The SMILES string of the molecule is CCNC(=O)CN1CCCCCC1c1ccco1. The van der Waals surface area contributed by atoms with Crippen molar-refractivity contribution in [2.75, 3.05) is 19.6 Å². The molecule has 1 aliphatic heterocycles. The molecule has 0 aliphatic carbocycles. The molecule has 2 rings (SSSR count). The Morgan fingerprint density at radius 1 is 1.50 bits per heavy atom. The van der Waals surface area contributed by atoms with E-state index in [9.17, 15) is 4.79 Å². The summed E-state index contributed by atoms with van der Waals surface area (Å²) in [6, 6.07) is 4.19. The molecule has 0 bridgehead atoms. The van der Waals surface area contributed by atoms with E-state index in [1.807, 2.05) is 19.1 Å². The number of hydrogen-bond acceptors (Lipinski definition) is 3. The molecule has 1 amide bonds. The van der Waals surface area contributed by atoms with Gasteiger partial charge in [-0.1, -0.05) is 12.8 Å². The van der Waals surface area contributed by atoms with Crippen molar-refractivity contribution < 1.29 is 9.21 Å². The molecular weight excluding hydrogens is 228 g/mol. The predicted octanol–water partition coefficient (Wildman–Crippen LogP) is 2.33. The minimum absolute atomic E-state index is 0.107. The summed E-state index contributed by atoms with van der Waals surface area (Å²) in [5.74, 6) is 1.09. The fourth-order valence-electron chi connectivity index (χ4n) is 2.60. The molecular formula is C14H22N2O2. The van der Waals surface area contributed by atoms with Gasteiger partial charge in [0.25, 0.3) is 0 Å². The van der Waals surface area contributed by atoms with Crippen LogP contribution in [-0.2, 0) is 4.79 Å². The van der Waals surface area contributed by atoms with E-state index in [1.165, 1.54) is 12.8 Å². The van der Waals surface area contributed by atoms with Crippen LogP contribution in [-0.4, -0.2) is 30.4 Å². The molecule has 1 unspecified atom stereocenters. The standard InChI is InChI=1S/C14H22N2O2/c1-2-15-14(17)11-16-9-5-3-4-7-12(16)13-8-6-10-18-13/h6,8,10,12H,2-5,7,9,11H2,1H3,(H,15,17). The third-order valence-corrected chi connectivity index (χ3v) is 3.46. The largest absolute Gasteiger partial charge is 0.468 e. The Balaban J connectivity index is 2.05. The number of likely N-dealkylation sites (tertiary alicyclic amines) is 1. The van der Waals surface area contributed by atoms with Crippen molar-refractivity contribution >= 4 is 5.91 Å². The highest BCUT2D eigenvalue weighted by molar-refractivity contribution is 5.78. The molecule has 0 saturated carbocycles. The molecule has 18 heavy (non-hydrogen) atoms. The van der Waals surface area contributed by atoms with Crippen LogP contribution < -0.4 is 5.32 Å². The Morgan fingerprint density at radius 2 is 2.39 bits per heavy atom. The van der Waals surface area contributed by atoms with E-state index < -0.39 is 0 Å². The van der Waals surface area contributed by atoms with E-state index in [1.54, 1.807) is 6.26 Å². The van der Waals surface area contributed by atoms with E-state index in [-0.39, 0.29) is 11.9 Å². The van der Waals surface area contributed by atoms with Crippen LogP contribution in [0.1, 0.15) is 44.4 Å². The number of rotatable bonds is 4. The maximum Gasteiger partial charge on any atom is 0.234 e. The van der Waals surface area contributed by atoms with E-state index >= 15 is 0 Å². The van der Waals surface area contributed by atoms with Crippen molar-refractivity contribution in [1.29, 1.82) is 0 Å². The minimum Gasteiger partial charge on any atom is -0.468 e. The first kappa shape index (κ1) is 13.1. The quantitative estimate of drug-likeness (QED) is 0.892. The van der Waals surface area contributed by atoms with Gasteiger partial charge in [-0.2, -0.15) is 0 Å². The molecule has 0 spiro atoms. The molecule has 1 aromatic rings. The first-order chi connectivity index (χ1) is 8.81. The molecule has 0 radical (unpaired) electrons. The highest BCUT2D eigenvalue weighted by Crippen LogP contribution is 2.29. The second-order valence-corrected chi connectivity index (χ2v) is 4.80. The number of carbonyl (C=O) groups excluding carboxylic acids is 1. The third-order valence-electron chi connectivity index (χ3n) is 3.46. The van der Waals surface area contributed by atoms with Gasteiger partial charge in [-0.05, 0) is 38.4 Å². The lowest BCUT2D eigenvalue weighted by Gasteiger charge is -2.27. The highest BCUT2D eigenvalue weighted by Gasteiger charge is 2.25. The molecule has 0 aromatic carbocycles. The molecule has 1 N–H and O–H groups in total. The Hall–Kier alpha value is -1.29. The molecule has 1 aliphatic rings. The number of nitrogens with zero attached hydrogens (tertiary/aromatic N) is 1. The van der Waals surface area contributed by atoms with Gasteiger partial charge in [0.05, 0.1) is 18.8 Å². The lowest BCUT2D eigenvalue weighted by Crippen LogP contribution is -2.39. The zero-order valence-electron chi connectivity index (χ0n) is 11.0. The van der Waals surface area contributed by atoms with Gasteiger partial charge in [-0.15, -0.1) is 0 Å². The van der Waals surface area contributed by atoms with Crippen molar-refractivity contribution in [3.63, 3.8) is 0 Å². The van der Waals surface area contributed by atoms with Crippen molar-refractivity contribution in [2.45, 2.75) is 38.6 Å². The lowest BCUT2D eigenvalue weighted by atomic mass is 10.1. The van der Waals surface area contributed by atoms with Crippen LogP contribution in [0.15, 0.2) is 22.8 Å². The summed E-state index contributed by atoms with van der Waals surface area (Å²) in [5.41, 5.74) is 0. The maximum absolute atomic E-state index is 11.8. The van der Waals surface area contributed by atoms with Crippen LogP contribution in [0.25, 0.3) is 0 Å². The maximum atomic E-state index is 11.8.